The molecule has 122 valence electrons. The van der Waals surface area contributed by atoms with E-state index in [1.165, 1.54) is 0 Å². The van der Waals surface area contributed by atoms with Crippen molar-refractivity contribution in [3.63, 3.8) is 0 Å². The fourth-order valence-electron chi connectivity index (χ4n) is 2.39. The summed E-state index contributed by atoms with van der Waals surface area (Å²) in [7, 11) is 0. The van der Waals surface area contributed by atoms with Gasteiger partial charge in [-0.25, -0.2) is 0 Å². The van der Waals surface area contributed by atoms with Gasteiger partial charge in [0.15, 0.2) is 5.78 Å². The van der Waals surface area contributed by atoms with Crippen molar-refractivity contribution < 1.29 is 9.53 Å². The zero-order valence-electron chi connectivity index (χ0n) is 14.1. The molecule has 0 aliphatic carbocycles. The van der Waals surface area contributed by atoms with Crippen LogP contribution in [0.1, 0.15) is 31.1 Å². The van der Waals surface area contributed by atoms with E-state index in [1.54, 1.807) is 0 Å². The summed E-state index contributed by atoms with van der Waals surface area (Å²) in [4.78, 5) is 12.3. The maximum atomic E-state index is 12.3. The van der Waals surface area contributed by atoms with Crippen molar-refractivity contribution in [3.8, 4) is 16.9 Å². The monoisotopic (exact) mass is 311 g/mol. The Hall–Kier alpha value is -2.13. The minimum Gasteiger partial charge on any atom is -0.492 e. The molecule has 0 radical (unpaired) electrons. The second kappa shape index (κ2) is 8.49. The van der Waals surface area contributed by atoms with E-state index in [2.05, 4.69) is 24.4 Å². The molecule has 0 fully saturated rings. The van der Waals surface area contributed by atoms with E-state index in [-0.39, 0.29) is 11.7 Å². The smallest absolute Gasteiger partial charge is 0.165 e. The van der Waals surface area contributed by atoms with E-state index < -0.39 is 0 Å². The lowest BCUT2D eigenvalue weighted by Crippen LogP contribution is -2.20. The van der Waals surface area contributed by atoms with Gasteiger partial charge in [-0.2, -0.15) is 0 Å². The first kappa shape index (κ1) is 17.2. The van der Waals surface area contributed by atoms with Crippen LogP contribution in [-0.4, -0.2) is 25.5 Å². The molecule has 0 spiro atoms. The molecule has 0 saturated heterocycles. The van der Waals surface area contributed by atoms with Gasteiger partial charge in [0.25, 0.3) is 0 Å². The molecule has 2 aromatic carbocycles. The normalized spacial score (nSPS) is 10.8. The van der Waals surface area contributed by atoms with Crippen molar-refractivity contribution in [3.05, 3.63) is 54.1 Å². The van der Waals surface area contributed by atoms with Gasteiger partial charge < -0.3 is 10.1 Å². The van der Waals surface area contributed by atoms with Crippen molar-refractivity contribution in [2.24, 2.45) is 5.92 Å². The van der Waals surface area contributed by atoms with Crippen molar-refractivity contribution in [1.29, 1.82) is 0 Å². The third-order valence-electron chi connectivity index (χ3n) is 3.66. The van der Waals surface area contributed by atoms with Crippen LogP contribution < -0.4 is 10.1 Å². The van der Waals surface area contributed by atoms with Gasteiger partial charge >= 0.3 is 0 Å². The molecule has 2 rings (SSSR count). The van der Waals surface area contributed by atoms with Crippen LogP contribution >= 0.6 is 0 Å². The van der Waals surface area contributed by atoms with E-state index in [9.17, 15) is 4.79 Å². The van der Waals surface area contributed by atoms with Gasteiger partial charge in [-0.3, -0.25) is 4.79 Å². The zero-order valence-corrected chi connectivity index (χ0v) is 14.1. The molecule has 0 bridgehead atoms. The molecule has 0 amide bonds. The van der Waals surface area contributed by atoms with Gasteiger partial charge in [-0.05, 0) is 24.2 Å². The van der Waals surface area contributed by atoms with Gasteiger partial charge in [0, 0.05) is 23.6 Å². The standard InChI is InChI=1S/C20H25NO2/c1-4-21-12-13-23-19-14-17(20(22)15(2)3)10-11-18(19)16-8-6-5-7-9-16/h5-11,14-15,21H,4,12-13H2,1-3H3. The summed E-state index contributed by atoms with van der Waals surface area (Å²) in [5.41, 5.74) is 2.81. The number of hydrogen-bond donors (Lipinski definition) is 1. The Balaban J connectivity index is 2.31. The first-order valence-corrected chi connectivity index (χ1v) is 8.20. The molecule has 3 nitrogen and oxygen atoms in total. The number of carbonyl (C=O) groups is 1. The summed E-state index contributed by atoms with van der Waals surface area (Å²) in [6, 6.07) is 15.8. The fourth-order valence-corrected chi connectivity index (χ4v) is 2.39. The maximum Gasteiger partial charge on any atom is 0.165 e. The lowest BCUT2D eigenvalue weighted by Gasteiger charge is -2.14. The molecular weight excluding hydrogens is 286 g/mol. The number of carbonyl (C=O) groups excluding carboxylic acids is 1. The average Bonchev–Trinajstić information content (AvgIpc) is 2.58. The average molecular weight is 311 g/mol. The molecule has 0 unspecified atom stereocenters. The molecule has 0 aliphatic heterocycles. The largest absolute Gasteiger partial charge is 0.492 e. The van der Waals surface area contributed by atoms with Crippen LogP contribution in [0.5, 0.6) is 5.75 Å². The Kier molecular flexibility index (Phi) is 6.36. The fraction of sp³-hybridized carbons (Fsp3) is 0.350. The summed E-state index contributed by atoms with van der Waals surface area (Å²) in [5, 5.41) is 3.24. The third-order valence-corrected chi connectivity index (χ3v) is 3.66. The van der Waals surface area contributed by atoms with E-state index in [1.807, 2.05) is 50.2 Å². The molecule has 2 aromatic rings. The maximum absolute atomic E-state index is 12.3. The summed E-state index contributed by atoms with van der Waals surface area (Å²) < 4.78 is 5.95. The van der Waals surface area contributed by atoms with Gasteiger partial charge in [0.05, 0.1) is 0 Å². The minimum absolute atomic E-state index is 0.0211. The Morgan fingerprint density at radius 1 is 1.13 bits per heavy atom. The van der Waals surface area contributed by atoms with Crippen molar-refractivity contribution in [2.75, 3.05) is 19.7 Å². The number of likely N-dealkylation sites (N-methyl/N-ethyl adjacent to an activating group) is 1. The molecule has 23 heavy (non-hydrogen) atoms. The predicted octanol–water partition coefficient (Wildman–Crippen LogP) is 4.18. The summed E-state index contributed by atoms with van der Waals surface area (Å²) >= 11 is 0. The summed E-state index contributed by atoms with van der Waals surface area (Å²) in [6.07, 6.45) is 0. The molecule has 0 heterocycles. The molecular formula is C20H25NO2. The third kappa shape index (κ3) is 4.67. The highest BCUT2D eigenvalue weighted by Crippen LogP contribution is 2.31. The van der Waals surface area contributed by atoms with Crippen molar-refractivity contribution in [1.82, 2.24) is 5.32 Å². The Morgan fingerprint density at radius 2 is 1.87 bits per heavy atom. The van der Waals surface area contributed by atoms with Gasteiger partial charge in [-0.1, -0.05) is 57.2 Å². The highest BCUT2D eigenvalue weighted by atomic mass is 16.5. The molecule has 0 saturated carbocycles. The van der Waals surface area contributed by atoms with E-state index in [4.69, 9.17) is 4.74 Å². The highest BCUT2D eigenvalue weighted by molar-refractivity contribution is 5.98. The number of ether oxygens (including phenoxy) is 1. The second-order valence-corrected chi connectivity index (χ2v) is 5.80. The Bertz CT molecular complexity index is 635. The number of benzene rings is 2. The zero-order chi connectivity index (χ0) is 16.7. The van der Waals surface area contributed by atoms with Crippen LogP contribution in [0.25, 0.3) is 11.1 Å². The van der Waals surface area contributed by atoms with Crippen LogP contribution in [0, 0.1) is 5.92 Å². The number of ketones is 1. The van der Waals surface area contributed by atoms with E-state index in [0.29, 0.717) is 12.2 Å². The van der Waals surface area contributed by atoms with E-state index >= 15 is 0 Å². The lowest BCUT2D eigenvalue weighted by molar-refractivity contribution is 0.0939. The summed E-state index contributed by atoms with van der Waals surface area (Å²) in [6.45, 7) is 8.18. The highest BCUT2D eigenvalue weighted by Gasteiger charge is 2.14. The van der Waals surface area contributed by atoms with Crippen LogP contribution in [-0.2, 0) is 0 Å². The van der Waals surface area contributed by atoms with Crippen molar-refractivity contribution in [2.45, 2.75) is 20.8 Å². The molecule has 3 heteroatoms. The molecule has 0 atom stereocenters. The molecule has 1 N–H and O–H groups in total. The Labute approximate surface area is 138 Å². The first-order valence-electron chi connectivity index (χ1n) is 8.20. The van der Waals surface area contributed by atoms with Gasteiger partial charge in [0.2, 0.25) is 0 Å². The topological polar surface area (TPSA) is 38.3 Å². The van der Waals surface area contributed by atoms with Crippen molar-refractivity contribution >= 4 is 5.78 Å². The lowest BCUT2D eigenvalue weighted by atomic mass is 9.97. The second-order valence-electron chi connectivity index (χ2n) is 5.80. The first-order chi connectivity index (χ1) is 11.1. The molecule has 0 aromatic heterocycles. The van der Waals surface area contributed by atoms with Crippen LogP contribution in [0.2, 0.25) is 0 Å². The van der Waals surface area contributed by atoms with Gasteiger partial charge in [-0.15, -0.1) is 0 Å². The summed E-state index contributed by atoms with van der Waals surface area (Å²) in [5.74, 6) is 0.883. The Morgan fingerprint density at radius 3 is 2.52 bits per heavy atom. The van der Waals surface area contributed by atoms with E-state index in [0.717, 1.165) is 30.0 Å². The van der Waals surface area contributed by atoms with Crippen LogP contribution in [0.4, 0.5) is 0 Å². The number of Topliss-reactive ketones (excluding diaryl/α,β-unsaturated/α-hetero) is 1. The number of nitrogens with one attached hydrogen (secondary N) is 1. The van der Waals surface area contributed by atoms with Crippen LogP contribution in [0.15, 0.2) is 48.5 Å². The number of hydrogen-bond acceptors (Lipinski definition) is 3. The quantitative estimate of drug-likeness (QED) is 0.587. The number of rotatable bonds is 8. The molecule has 0 aliphatic rings. The SMILES string of the molecule is CCNCCOc1cc(C(=O)C(C)C)ccc1-c1ccccc1. The van der Waals surface area contributed by atoms with Gasteiger partial charge in [0.1, 0.15) is 12.4 Å². The van der Waals surface area contributed by atoms with Crippen LogP contribution in [0.3, 0.4) is 0 Å². The predicted molar refractivity (Wildman–Crippen MR) is 95.1 cm³/mol. The minimum atomic E-state index is -0.0211.